The monoisotopic (exact) mass is 464 g/mol. The topological polar surface area (TPSA) is 51.7 Å². The first-order chi connectivity index (χ1) is 14.4. The molecule has 0 radical (unpaired) electrons. The van der Waals surface area contributed by atoms with Crippen molar-refractivity contribution in [3.63, 3.8) is 0 Å². The second kappa shape index (κ2) is 10.2. The molecule has 1 aromatic heterocycles. The number of carbonyl (C=O) groups excluding carboxylic acids is 1. The summed E-state index contributed by atoms with van der Waals surface area (Å²) in [5, 5.41) is 2.88. The zero-order chi connectivity index (χ0) is 21.7. The van der Waals surface area contributed by atoms with E-state index in [0.29, 0.717) is 40.3 Å². The van der Waals surface area contributed by atoms with E-state index in [0.717, 1.165) is 11.3 Å². The molecule has 0 bridgehead atoms. The van der Waals surface area contributed by atoms with Gasteiger partial charge in [-0.05, 0) is 49.7 Å². The number of methoxy groups -OCH3 is 1. The van der Waals surface area contributed by atoms with Gasteiger partial charge in [-0.3, -0.25) is 4.79 Å². The maximum atomic E-state index is 13.2. The molecule has 0 saturated heterocycles. The van der Waals surface area contributed by atoms with Gasteiger partial charge < -0.3 is 14.4 Å². The molecule has 0 spiro atoms. The predicted molar refractivity (Wildman–Crippen MR) is 121 cm³/mol. The molecule has 0 aliphatic heterocycles. The Kier molecular flexibility index (Phi) is 7.58. The summed E-state index contributed by atoms with van der Waals surface area (Å²) in [6.45, 7) is 4.69. The van der Waals surface area contributed by atoms with Crippen LogP contribution in [0.2, 0.25) is 10.0 Å². The molecule has 1 amide bonds. The molecule has 3 aromatic rings. The standard InChI is InChI=1S/C22H22Cl2N2O3S/c1-14(2)26(10-15-4-6-18(23)19(24)8-15)22(27)16-5-7-20(21(9-16)28-3)29-11-17-12-30-13-25-17/h4-9,12-14H,10-11H2,1-3H3. The van der Waals surface area contributed by atoms with E-state index in [-0.39, 0.29) is 11.9 Å². The van der Waals surface area contributed by atoms with Crippen LogP contribution in [0.5, 0.6) is 11.5 Å². The highest BCUT2D eigenvalue weighted by Gasteiger charge is 2.21. The molecule has 0 aliphatic rings. The lowest BCUT2D eigenvalue weighted by Gasteiger charge is -2.27. The molecule has 8 heteroatoms. The van der Waals surface area contributed by atoms with E-state index in [4.69, 9.17) is 32.7 Å². The Hall–Kier alpha value is -2.28. The zero-order valence-corrected chi connectivity index (χ0v) is 19.2. The molecule has 30 heavy (non-hydrogen) atoms. The molecule has 0 unspecified atom stereocenters. The number of rotatable bonds is 8. The van der Waals surface area contributed by atoms with Crippen molar-refractivity contribution in [2.75, 3.05) is 7.11 Å². The number of thiazole rings is 1. The third-order valence-electron chi connectivity index (χ3n) is 4.49. The van der Waals surface area contributed by atoms with E-state index >= 15 is 0 Å². The van der Waals surface area contributed by atoms with Gasteiger partial charge in [0.2, 0.25) is 0 Å². The quantitative estimate of drug-likeness (QED) is 0.404. The Morgan fingerprint density at radius 3 is 2.57 bits per heavy atom. The molecule has 3 rings (SSSR count). The maximum Gasteiger partial charge on any atom is 0.254 e. The van der Waals surface area contributed by atoms with Crippen molar-refractivity contribution in [3.8, 4) is 11.5 Å². The van der Waals surface area contributed by atoms with E-state index in [1.807, 2.05) is 25.3 Å². The Morgan fingerprint density at radius 1 is 1.13 bits per heavy atom. The van der Waals surface area contributed by atoms with E-state index in [2.05, 4.69) is 4.98 Å². The molecule has 2 aromatic carbocycles. The van der Waals surface area contributed by atoms with Gasteiger partial charge in [0.15, 0.2) is 11.5 Å². The third-order valence-corrected chi connectivity index (χ3v) is 5.87. The summed E-state index contributed by atoms with van der Waals surface area (Å²) in [5.41, 5.74) is 4.02. The highest BCUT2D eigenvalue weighted by Crippen LogP contribution is 2.30. The van der Waals surface area contributed by atoms with Crippen molar-refractivity contribution >= 4 is 40.4 Å². The molecule has 1 heterocycles. The Bertz CT molecular complexity index is 1010. The van der Waals surface area contributed by atoms with Crippen molar-refractivity contribution in [2.24, 2.45) is 0 Å². The minimum Gasteiger partial charge on any atom is -0.493 e. The lowest BCUT2D eigenvalue weighted by atomic mass is 10.1. The fourth-order valence-electron chi connectivity index (χ4n) is 2.87. The first-order valence-corrected chi connectivity index (χ1v) is 11.0. The number of benzene rings is 2. The summed E-state index contributed by atoms with van der Waals surface area (Å²) in [4.78, 5) is 19.2. The van der Waals surface area contributed by atoms with Gasteiger partial charge in [-0.25, -0.2) is 4.98 Å². The highest BCUT2D eigenvalue weighted by atomic mass is 35.5. The summed E-state index contributed by atoms with van der Waals surface area (Å²) in [7, 11) is 1.55. The first-order valence-electron chi connectivity index (χ1n) is 9.32. The van der Waals surface area contributed by atoms with Gasteiger partial charge in [-0.1, -0.05) is 29.3 Å². The van der Waals surface area contributed by atoms with Gasteiger partial charge in [0.05, 0.1) is 28.4 Å². The van der Waals surface area contributed by atoms with Crippen molar-refractivity contribution in [1.29, 1.82) is 0 Å². The normalized spacial score (nSPS) is 10.9. The maximum absolute atomic E-state index is 13.2. The van der Waals surface area contributed by atoms with Gasteiger partial charge in [-0.2, -0.15) is 0 Å². The summed E-state index contributed by atoms with van der Waals surface area (Å²) in [5.74, 6) is 0.942. The minimum atomic E-state index is -0.111. The predicted octanol–water partition coefficient (Wildman–Crippen LogP) is 6.09. The van der Waals surface area contributed by atoms with Crippen LogP contribution in [0.3, 0.4) is 0 Å². The SMILES string of the molecule is COc1cc(C(=O)N(Cc2ccc(Cl)c(Cl)c2)C(C)C)ccc1OCc1cscn1. The number of halogens is 2. The van der Waals surface area contributed by atoms with Crippen molar-refractivity contribution in [3.05, 3.63) is 74.2 Å². The van der Waals surface area contributed by atoms with Crippen LogP contribution in [0.4, 0.5) is 0 Å². The van der Waals surface area contributed by atoms with Crippen LogP contribution >= 0.6 is 34.5 Å². The second-order valence-electron chi connectivity index (χ2n) is 6.91. The molecule has 0 atom stereocenters. The van der Waals surface area contributed by atoms with Gasteiger partial charge >= 0.3 is 0 Å². The van der Waals surface area contributed by atoms with E-state index in [9.17, 15) is 4.79 Å². The van der Waals surface area contributed by atoms with Crippen LogP contribution < -0.4 is 9.47 Å². The molecular formula is C22H22Cl2N2O3S. The van der Waals surface area contributed by atoms with Crippen LogP contribution in [0.25, 0.3) is 0 Å². The van der Waals surface area contributed by atoms with Gasteiger partial charge in [0.25, 0.3) is 5.91 Å². The molecule has 158 valence electrons. The first kappa shape index (κ1) is 22.4. The third kappa shape index (κ3) is 5.45. The van der Waals surface area contributed by atoms with Gasteiger partial charge in [0.1, 0.15) is 6.61 Å². The summed E-state index contributed by atoms with van der Waals surface area (Å²) < 4.78 is 11.3. The molecule has 0 aliphatic carbocycles. The lowest BCUT2D eigenvalue weighted by Crippen LogP contribution is -2.36. The molecule has 0 saturated carbocycles. The van der Waals surface area contributed by atoms with Crippen LogP contribution in [-0.4, -0.2) is 28.9 Å². The number of nitrogens with zero attached hydrogens (tertiary/aromatic N) is 2. The number of carbonyl (C=O) groups is 1. The molecule has 0 fully saturated rings. The fourth-order valence-corrected chi connectivity index (χ4v) is 3.73. The summed E-state index contributed by atoms with van der Waals surface area (Å²) in [6.07, 6.45) is 0. The largest absolute Gasteiger partial charge is 0.493 e. The average Bonchev–Trinajstić information content (AvgIpc) is 3.25. The number of aromatic nitrogens is 1. The van der Waals surface area contributed by atoms with Crippen LogP contribution in [0.1, 0.15) is 35.5 Å². The van der Waals surface area contributed by atoms with E-state index < -0.39 is 0 Å². The van der Waals surface area contributed by atoms with Crippen LogP contribution in [0, 0.1) is 0 Å². The summed E-state index contributed by atoms with van der Waals surface area (Å²) >= 11 is 13.6. The van der Waals surface area contributed by atoms with Gasteiger partial charge in [-0.15, -0.1) is 11.3 Å². The fraction of sp³-hybridized carbons (Fsp3) is 0.273. The highest BCUT2D eigenvalue weighted by molar-refractivity contribution is 7.07. The van der Waals surface area contributed by atoms with Crippen LogP contribution in [0.15, 0.2) is 47.3 Å². The second-order valence-corrected chi connectivity index (χ2v) is 8.44. The number of ether oxygens (including phenoxy) is 2. The average molecular weight is 465 g/mol. The minimum absolute atomic E-state index is 0.0152. The number of hydrogen-bond donors (Lipinski definition) is 0. The van der Waals surface area contributed by atoms with E-state index in [1.165, 1.54) is 11.3 Å². The van der Waals surface area contributed by atoms with Crippen LogP contribution in [-0.2, 0) is 13.2 Å². The van der Waals surface area contributed by atoms with Gasteiger partial charge in [0, 0.05) is 23.5 Å². The van der Waals surface area contributed by atoms with E-state index in [1.54, 1.807) is 47.9 Å². The smallest absolute Gasteiger partial charge is 0.254 e. The Labute approximate surface area is 190 Å². The molecule has 5 nitrogen and oxygen atoms in total. The summed E-state index contributed by atoms with van der Waals surface area (Å²) in [6, 6.07) is 10.6. The van der Waals surface area contributed by atoms with Crippen molar-refractivity contribution < 1.29 is 14.3 Å². The lowest BCUT2D eigenvalue weighted by molar-refractivity contribution is 0.0690. The number of hydrogen-bond acceptors (Lipinski definition) is 5. The Balaban J connectivity index is 1.79. The molecular weight excluding hydrogens is 443 g/mol. The van der Waals surface area contributed by atoms with Crippen molar-refractivity contribution in [1.82, 2.24) is 9.88 Å². The zero-order valence-electron chi connectivity index (χ0n) is 16.9. The number of amides is 1. The van der Waals surface area contributed by atoms with Crippen molar-refractivity contribution in [2.45, 2.75) is 33.0 Å². The Morgan fingerprint density at radius 2 is 1.93 bits per heavy atom. The molecule has 0 N–H and O–H groups in total.